The Morgan fingerprint density at radius 1 is 1.26 bits per heavy atom. The van der Waals surface area contributed by atoms with Gasteiger partial charge >= 0.3 is 0 Å². The van der Waals surface area contributed by atoms with Crippen LogP contribution in [0.1, 0.15) is 57.9 Å². The van der Waals surface area contributed by atoms with Crippen LogP contribution in [0.4, 0.5) is 11.6 Å². The van der Waals surface area contributed by atoms with Gasteiger partial charge in [0.15, 0.2) is 0 Å². The van der Waals surface area contributed by atoms with Crippen molar-refractivity contribution >= 4 is 11.6 Å². The van der Waals surface area contributed by atoms with Crippen molar-refractivity contribution in [3.05, 3.63) is 11.9 Å². The van der Waals surface area contributed by atoms with Gasteiger partial charge in [-0.1, -0.05) is 33.6 Å². The minimum Gasteiger partial charge on any atom is -0.367 e. The van der Waals surface area contributed by atoms with Crippen molar-refractivity contribution in [2.24, 2.45) is 11.8 Å². The highest BCUT2D eigenvalue weighted by molar-refractivity contribution is 5.58. The molecule has 0 bridgehead atoms. The maximum atomic E-state index is 5.54. The Labute approximate surface area is 115 Å². The van der Waals surface area contributed by atoms with Crippen LogP contribution < -0.4 is 16.6 Å². The summed E-state index contributed by atoms with van der Waals surface area (Å²) in [5.41, 5.74) is 3.74. The molecule has 2 atom stereocenters. The Kier molecular flexibility index (Phi) is 4.58. The molecule has 5 nitrogen and oxygen atoms in total. The number of anilines is 2. The van der Waals surface area contributed by atoms with Gasteiger partial charge in [0.1, 0.15) is 18.0 Å². The van der Waals surface area contributed by atoms with Crippen LogP contribution in [0.5, 0.6) is 0 Å². The first kappa shape index (κ1) is 14.1. The Morgan fingerprint density at radius 3 is 2.63 bits per heavy atom. The number of nitrogens with two attached hydrogens (primary N) is 1. The zero-order valence-electron chi connectivity index (χ0n) is 12.1. The fourth-order valence-corrected chi connectivity index (χ4v) is 2.93. The third-order valence-electron chi connectivity index (χ3n) is 3.88. The number of hydrogen-bond acceptors (Lipinski definition) is 5. The number of hydrazine groups is 1. The van der Waals surface area contributed by atoms with Crippen molar-refractivity contribution in [1.82, 2.24) is 9.97 Å². The number of nitrogens with zero attached hydrogens (tertiary/aromatic N) is 2. The van der Waals surface area contributed by atoms with E-state index in [2.05, 4.69) is 41.5 Å². The molecule has 1 aliphatic rings. The zero-order chi connectivity index (χ0) is 13.8. The topological polar surface area (TPSA) is 75.9 Å². The van der Waals surface area contributed by atoms with Gasteiger partial charge in [-0.2, -0.15) is 0 Å². The van der Waals surface area contributed by atoms with Crippen molar-refractivity contribution in [1.29, 1.82) is 0 Å². The molecule has 106 valence electrons. The molecule has 1 aromatic heterocycles. The predicted molar refractivity (Wildman–Crippen MR) is 79.0 cm³/mol. The Hall–Kier alpha value is -1.36. The lowest BCUT2D eigenvalue weighted by atomic mass is 9.87. The van der Waals surface area contributed by atoms with Crippen molar-refractivity contribution in [3.63, 3.8) is 0 Å². The van der Waals surface area contributed by atoms with E-state index in [4.69, 9.17) is 5.84 Å². The summed E-state index contributed by atoms with van der Waals surface area (Å²) in [6, 6.07) is 0.516. The molecule has 1 aliphatic carbocycles. The molecule has 0 amide bonds. The Bertz CT molecular complexity index is 418. The molecular weight excluding hydrogens is 238 g/mol. The summed E-state index contributed by atoms with van der Waals surface area (Å²) in [7, 11) is 0. The first-order chi connectivity index (χ1) is 9.11. The average molecular weight is 263 g/mol. The van der Waals surface area contributed by atoms with E-state index in [1.807, 2.05) is 0 Å². The molecule has 4 N–H and O–H groups in total. The van der Waals surface area contributed by atoms with Crippen molar-refractivity contribution in [2.45, 2.75) is 58.4 Å². The van der Waals surface area contributed by atoms with E-state index in [1.54, 1.807) is 6.33 Å². The highest BCUT2D eigenvalue weighted by atomic mass is 15.3. The van der Waals surface area contributed by atoms with Gasteiger partial charge in [-0.15, -0.1) is 0 Å². The quantitative estimate of drug-likeness (QED) is 0.575. The van der Waals surface area contributed by atoms with Crippen LogP contribution >= 0.6 is 0 Å². The number of nitrogen functional groups attached to an aromatic ring is 1. The predicted octanol–water partition coefficient (Wildman–Crippen LogP) is 2.88. The molecule has 0 spiro atoms. The minimum absolute atomic E-state index is 0.329. The average Bonchev–Trinajstić information content (AvgIpc) is 2.38. The largest absolute Gasteiger partial charge is 0.367 e. The first-order valence-electron chi connectivity index (χ1n) is 7.19. The zero-order valence-corrected chi connectivity index (χ0v) is 12.1. The molecule has 1 aromatic rings. The standard InChI is InChI=1S/C14H25N5/c1-9(2)12-13(16-8-17-14(12)19-15)18-11-6-4-5-10(3)7-11/h8-11H,4-7,15H2,1-3H3,(H2,16,17,18,19). The molecule has 0 aliphatic heterocycles. The summed E-state index contributed by atoms with van der Waals surface area (Å²) in [4.78, 5) is 8.61. The Morgan fingerprint density at radius 2 is 2.00 bits per heavy atom. The monoisotopic (exact) mass is 263 g/mol. The second-order valence-electron chi connectivity index (χ2n) is 5.90. The lowest BCUT2D eigenvalue weighted by Gasteiger charge is -2.29. The van der Waals surface area contributed by atoms with Crippen molar-refractivity contribution in [3.8, 4) is 0 Å². The number of hydrogen-bond donors (Lipinski definition) is 3. The van der Waals surface area contributed by atoms with Crippen LogP contribution in [0, 0.1) is 5.92 Å². The molecule has 0 radical (unpaired) electrons. The summed E-state index contributed by atoms with van der Waals surface area (Å²) >= 11 is 0. The molecule has 19 heavy (non-hydrogen) atoms. The molecule has 0 aromatic carbocycles. The van der Waals surface area contributed by atoms with Gasteiger partial charge in [-0.05, 0) is 24.7 Å². The van der Waals surface area contributed by atoms with E-state index in [9.17, 15) is 0 Å². The molecule has 5 heteroatoms. The lowest BCUT2D eigenvalue weighted by molar-refractivity contribution is 0.358. The van der Waals surface area contributed by atoms with Crippen LogP contribution in [0.2, 0.25) is 0 Å². The summed E-state index contributed by atoms with van der Waals surface area (Å²) in [6.07, 6.45) is 6.64. The van der Waals surface area contributed by atoms with E-state index in [0.717, 1.165) is 23.1 Å². The van der Waals surface area contributed by atoms with Gasteiger partial charge in [0, 0.05) is 11.6 Å². The highest BCUT2D eigenvalue weighted by Gasteiger charge is 2.21. The van der Waals surface area contributed by atoms with Crippen molar-refractivity contribution in [2.75, 3.05) is 10.7 Å². The number of aromatic nitrogens is 2. The van der Waals surface area contributed by atoms with E-state index < -0.39 is 0 Å². The summed E-state index contributed by atoms with van der Waals surface area (Å²) in [6.45, 7) is 6.59. The molecule has 1 saturated carbocycles. The normalized spacial score (nSPS) is 23.4. The van der Waals surface area contributed by atoms with Crippen LogP contribution in [0.3, 0.4) is 0 Å². The summed E-state index contributed by atoms with van der Waals surface area (Å²) in [5, 5.41) is 3.59. The molecule has 2 unspecified atom stereocenters. The summed E-state index contributed by atoms with van der Waals surface area (Å²) in [5.74, 6) is 8.31. The minimum atomic E-state index is 0.329. The lowest BCUT2D eigenvalue weighted by Crippen LogP contribution is -2.27. The van der Waals surface area contributed by atoms with E-state index >= 15 is 0 Å². The first-order valence-corrected chi connectivity index (χ1v) is 7.19. The molecule has 0 saturated heterocycles. The number of rotatable bonds is 4. The maximum absolute atomic E-state index is 5.54. The van der Waals surface area contributed by atoms with Gasteiger partial charge in [-0.3, -0.25) is 0 Å². The van der Waals surface area contributed by atoms with Crippen LogP contribution in [-0.4, -0.2) is 16.0 Å². The Balaban J connectivity index is 2.19. The second-order valence-corrected chi connectivity index (χ2v) is 5.90. The molecule has 1 heterocycles. The van der Waals surface area contributed by atoms with Gasteiger partial charge < -0.3 is 10.7 Å². The third kappa shape index (κ3) is 3.35. The molecular formula is C14H25N5. The van der Waals surface area contributed by atoms with Crippen molar-refractivity contribution < 1.29 is 0 Å². The second kappa shape index (κ2) is 6.19. The van der Waals surface area contributed by atoms with Crippen LogP contribution in [-0.2, 0) is 0 Å². The SMILES string of the molecule is CC1CCCC(Nc2ncnc(NN)c2C(C)C)C1. The van der Waals surface area contributed by atoms with Crippen LogP contribution in [0.25, 0.3) is 0 Å². The summed E-state index contributed by atoms with van der Waals surface area (Å²) < 4.78 is 0. The fourth-order valence-electron chi connectivity index (χ4n) is 2.93. The van der Waals surface area contributed by atoms with E-state index in [1.165, 1.54) is 25.7 Å². The van der Waals surface area contributed by atoms with Gasteiger partial charge in [0.05, 0.1) is 0 Å². The van der Waals surface area contributed by atoms with Crippen LogP contribution in [0.15, 0.2) is 6.33 Å². The van der Waals surface area contributed by atoms with Gasteiger partial charge in [-0.25, -0.2) is 15.8 Å². The maximum Gasteiger partial charge on any atom is 0.148 e. The van der Waals surface area contributed by atoms with Gasteiger partial charge in [0.2, 0.25) is 0 Å². The smallest absolute Gasteiger partial charge is 0.148 e. The fraction of sp³-hybridized carbons (Fsp3) is 0.714. The number of nitrogens with one attached hydrogen (secondary N) is 2. The molecule has 1 fully saturated rings. The third-order valence-corrected chi connectivity index (χ3v) is 3.88. The molecule has 2 rings (SSSR count). The van der Waals surface area contributed by atoms with E-state index in [0.29, 0.717) is 12.0 Å². The van der Waals surface area contributed by atoms with Gasteiger partial charge in [0.25, 0.3) is 0 Å². The highest BCUT2D eigenvalue weighted by Crippen LogP contribution is 2.31. The van der Waals surface area contributed by atoms with E-state index in [-0.39, 0.29) is 0 Å².